The first-order valence-electron chi connectivity index (χ1n) is 4.82. The monoisotopic (exact) mass is 165 g/mol. The Bertz CT molecular complexity index is 275. The van der Waals surface area contributed by atoms with E-state index in [0.29, 0.717) is 6.04 Å². The Hall–Kier alpha value is -0.760. The van der Waals surface area contributed by atoms with Gasteiger partial charge in [0.05, 0.1) is 18.8 Å². The zero-order chi connectivity index (χ0) is 8.55. The SMILES string of the molecule is CC[C@H]1[NH2+]CCn2c(C)ccc21. The predicted molar refractivity (Wildman–Crippen MR) is 49.0 cm³/mol. The minimum atomic E-state index is 0.701. The third kappa shape index (κ3) is 1.07. The molecule has 2 N–H and O–H groups in total. The van der Waals surface area contributed by atoms with Gasteiger partial charge in [0.1, 0.15) is 6.04 Å². The molecule has 0 unspecified atom stereocenters. The first-order valence-corrected chi connectivity index (χ1v) is 4.82. The molecule has 1 aliphatic heterocycles. The van der Waals surface area contributed by atoms with Crippen molar-refractivity contribution in [1.29, 1.82) is 0 Å². The molecule has 0 aromatic carbocycles. The minimum Gasteiger partial charge on any atom is -0.338 e. The van der Waals surface area contributed by atoms with Crippen molar-refractivity contribution in [3.63, 3.8) is 0 Å². The van der Waals surface area contributed by atoms with E-state index in [4.69, 9.17) is 0 Å². The fraction of sp³-hybridized carbons (Fsp3) is 0.600. The molecule has 66 valence electrons. The van der Waals surface area contributed by atoms with Gasteiger partial charge in [0.25, 0.3) is 0 Å². The first kappa shape index (κ1) is 7.87. The summed E-state index contributed by atoms with van der Waals surface area (Å²) in [6, 6.07) is 5.21. The number of quaternary nitrogens is 1. The highest BCUT2D eigenvalue weighted by atomic mass is 15.1. The number of aryl methyl sites for hydroxylation is 1. The second-order valence-electron chi connectivity index (χ2n) is 3.59. The van der Waals surface area contributed by atoms with Gasteiger partial charge in [-0.05, 0) is 19.1 Å². The number of aromatic nitrogens is 1. The normalized spacial score (nSPS) is 22.3. The highest BCUT2D eigenvalue weighted by Crippen LogP contribution is 2.18. The second kappa shape index (κ2) is 2.94. The molecule has 0 spiro atoms. The van der Waals surface area contributed by atoms with Gasteiger partial charge in [0, 0.05) is 12.1 Å². The van der Waals surface area contributed by atoms with Crippen molar-refractivity contribution in [3.8, 4) is 0 Å². The van der Waals surface area contributed by atoms with Gasteiger partial charge in [-0.25, -0.2) is 0 Å². The van der Waals surface area contributed by atoms with Crippen LogP contribution in [0.25, 0.3) is 0 Å². The number of nitrogens with zero attached hydrogens (tertiary/aromatic N) is 1. The van der Waals surface area contributed by atoms with E-state index >= 15 is 0 Å². The van der Waals surface area contributed by atoms with Gasteiger partial charge in [-0.1, -0.05) is 6.92 Å². The van der Waals surface area contributed by atoms with Crippen LogP contribution in [0.4, 0.5) is 0 Å². The fourth-order valence-corrected chi connectivity index (χ4v) is 2.12. The highest BCUT2D eigenvalue weighted by molar-refractivity contribution is 5.17. The van der Waals surface area contributed by atoms with Gasteiger partial charge in [-0.3, -0.25) is 0 Å². The summed E-state index contributed by atoms with van der Waals surface area (Å²) in [5.74, 6) is 0. The summed E-state index contributed by atoms with van der Waals surface area (Å²) in [4.78, 5) is 0. The quantitative estimate of drug-likeness (QED) is 0.636. The first-order chi connectivity index (χ1) is 5.83. The average Bonchev–Trinajstić information content (AvgIpc) is 2.48. The molecule has 1 aliphatic rings. The summed E-state index contributed by atoms with van der Waals surface area (Å²) in [7, 11) is 0. The van der Waals surface area contributed by atoms with Crippen molar-refractivity contribution in [2.24, 2.45) is 0 Å². The number of rotatable bonds is 1. The molecular weight excluding hydrogens is 148 g/mol. The summed E-state index contributed by atoms with van der Waals surface area (Å²) in [5, 5.41) is 2.45. The van der Waals surface area contributed by atoms with Crippen molar-refractivity contribution < 1.29 is 5.32 Å². The van der Waals surface area contributed by atoms with E-state index in [1.54, 1.807) is 0 Å². The summed E-state index contributed by atoms with van der Waals surface area (Å²) >= 11 is 0. The van der Waals surface area contributed by atoms with E-state index in [1.807, 2.05) is 0 Å². The van der Waals surface area contributed by atoms with Crippen LogP contribution in [0.1, 0.15) is 30.8 Å². The van der Waals surface area contributed by atoms with Crippen LogP contribution in [0.15, 0.2) is 12.1 Å². The number of nitrogens with two attached hydrogens (primary N) is 1. The smallest absolute Gasteiger partial charge is 0.126 e. The number of hydrogen-bond acceptors (Lipinski definition) is 0. The lowest BCUT2D eigenvalue weighted by Crippen LogP contribution is -2.87. The lowest BCUT2D eigenvalue weighted by molar-refractivity contribution is -0.703. The molecule has 2 rings (SSSR count). The topological polar surface area (TPSA) is 21.5 Å². The second-order valence-corrected chi connectivity index (χ2v) is 3.59. The molecule has 0 saturated heterocycles. The lowest BCUT2D eigenvalue weighted by atomic mass is 10.1. The Morgan fingerprint density at radius 3 is 3.17 bits per heavy atom. The van der Waals surface area contributed by atoms with Crippen LogP contribution in [-0.2, 0) is 6.54 Å². The number of hydrogen-bond donors (Lipinski definition) is 1. The Labute approximate surface area is 73.6 Å². The van der Waals surface area contributed by atoms with Crippen LogP contribution in [0.3, 0.4) is 0 Å². The van der Waals surface area contributed by atoms with E-state index in [2.05, 4.69) is 35.9 Å². The molecule has 0 amide bonds. The van der Waals surface area contributed by atoms with Crippen molar-refractivity contribution in [2.75, 3.05) is 6.54 Å². The molecule has 0 radical (unpaired) electrons. The summed E-state index contributed by atoms with van der Waals surface area (Å²) in [6.07, 6.45) is 1.24. The van der Waals surface area contributed by atoms with Crippen LogP contribution in [-0.4, -0.2) is 11.1 Å². The molecule has 12 heavy (non-hydrogen) atoms. The van der Waals surface area contributed by atoms with E-state index in [9.17, 15) is 0 Å². The van der Waals surface area contributed by atoms with Crippen molar-refractivity contribution in [1.82, 2.24) is 4.57 Å². The predicted octanol–water partition coefficient (Wildman–Crippen LogP) is 0.825. The van der Waals surface area contributed by atoms with Crippen LogP contribution < -0.4 is 5.32 Å². The molecule has 2 nitrogen and oxygen atoms in total. The molecule has 0 saturated carbocycles. The molecule has 2 heterocycles. The average molecular weight is 165 g/mol. The number of fused-ring (bicyclic) bond motifs is 1. The largest absolute Gasteiger partial charge is 0.338 e. The zero-order valence-electron chi connectivity index (χ0n) is 7.88. The highest BCUT2D eigenvalue weighted by Gasteiger charge is 2.21. The minimum absolute atomic E-state index is 0.701. The van der Waals surface area contributed by atoms with Crippen LogP contribution in [0, 0.1) is 6.92 Å². The van der Waals surface area contributed by atoms with Gasteiger partial charge in [-0.15, -0.1) is 0 Å². The maximum Gasteiger partial charge on any atom is 0.126 e. The summed E-state index contributed by atoms with van der Waals surface area (Å²) < 4.78 is 2.45. The molecule has 0 fully saturated rings. The maximum atomic E-state index is 2.45. The molecule has 1 atom stereocenters. The van der Waals surface area contributed by atoms with E-state index in [1.165, 1.54) is 30.9 Å². The Morgan fingerprint density at radius 2 is 2.42 bits per heavy atom. The summed E-state index contributed by atoms with van der Waals surface area (Å²) in [5.41, 5.74) is 2.93. The van der Waals surface area contributed by atoms with Crippen molar-refractivity contribution >= 4 is 0 Å². The molecular formula is C10H17N2+. The van der Waals surface area contributed by atoms with Gasteiger partial charge in [0.15, 0.2) is 0 Å². The summed E-state index contributed by atoms with van der Waals surface area (Å²) in [6.45, 7) is 6.88. The molecule has 0 bridgehead atoms. The van der Waals surface area contributed by atoms with Crippen LogP contribution >= 0.6 is 0 Å². The Kier molecular flexibility index (Phi) is 1.93. The van der Waals surface area contributed by atoms with E-state index < -0.39 is 0 Å². The van der Waals surface area contributed by atoms with E-state index in [0.717, 1.165) is 0 Å². The fourth-order valence-electron chi connectivity index (χ4n) is 2.12. The van der Waals surface area contributed by atoms with Gasteiger partial charge in [-0.2, -0.15) is 0 Å². The van der Waals surface area contributed by atoms with Gasteiger partial charge in [0.2, 0.25) is 0 Å². The van der Waals surface area contributed by atoms with Gasteiger partial charge >= 0.3 is 0 Å². The van der Waals surface area contributed by atoms with E-state index in [-0.39, 0.29) is 0 Å². The van der Waals surface area contributed by atoms with Crippen molar-refractivity contribution in [3.05, 3.63) is 23.5 Å². The zero-order valence-corrected chi connectivity index (χ0v) is 7.88. The molecule has 1 aromatic rings. The molecule has 2 heteroatoms. The molecule has 0 aliphatic carbocycles. The third-order valence-electron chi connectivity index (χ3n) is 2.86. The van der Waals surface area contributed by atoms with Crippen molar-refractivity contribution in [2.45, 2.75) is 32.9 Å². The lowest BCUT2D eigenvalue weighted by Gasteiger charge is -2.23. The Balaban J connectivity index is 2.38. The Morgan fingerprint density at radius 1 is 1.58 bits per heavy atom. The molecule has 1 aromatic heterocycles. The van der Waals surface area contributed by atoms with Crippen LogP contribution in [0.2, 0.25) is 0 Å². The third-order valence-corrected chi connectivity index (χ3v) is 2.86. The standard InChI is InChI=1S/C10H16N2/c1-3-9-10-5-4-8(2)12(10)7-6-11-9/h4-5,9,11H,3,6-7H2,1-2H3/p+1/t9-/m1/s1. The van der Waals surface area contributed by atoms with Crippen LogP contribution in [0.5, 0.6) is 0 Å². The maximum absolute atomic E-state index is 2.45. The van der Waals surface area contributed by atoms with Gasteiger partial charge < -0.3 is 9.88 Å².